The number of likely N-dealkylation sites (N-methyl/N-ethyl adjacent to an activating group) is 1. The zero-order valence-corrected chi connectivity index (χ0v) is 22.0. The number of amides is 1. The number of hydrogen-bond donors (Lipinski definition) is 2. The Balaban J connectivity index is 1.57. The normalized spacial score (nSPS) is 17.3. The minimum absolute atomic E-state index is 0.0172. The quantitative estimate of drug-likeness (QED) is 0.416. The number of pyridine rings is 1. The number of carbonyl (C=O) groups is 1. The van der Waals surface area contributed by atoms with Gasteiger partial charge in [-0.2, -0.15) is 5.26 Å². The standard InChI is InChI=1S/C28H32FN7O2/c1-28(2,3)38-27(37)36(4)23-12-6-5-11-22(23)34-26-21(29)16-19(17-30)25(35-26)33-20-10-7-9-18(15-20)24-31-13-8-14-32-24/h7-10,13-16,22-23H,5-6,11-12H2,1-4H3,(H2,33,34,35)/t22-,23+/m1/s1. The van der Waals surface area contributed by atoms with Crippen molar-refractivity contribution < 1.29 is 13.9 Å². The van der Waals surface area contributed by atoms with Crippen molar-refractivity contribution in [2.24, 2.45) is 0 Å². The molecule has 1 aliphatic carbocycles. The number of halogens is 1. The van der Waals surface area contributed by atoms with Crippen molar-refractivity contribution >= 4 is 23.4 Å². The molecular formula is C28H32FN7O2. The molecule has 9 nitrogen and oxygen atoms in total. The summed E-state index contributed by atoms with van der Waals surface area (Å²) in [5.41, 5.74) is 0.885. The molecule has 0 saturated heterocycles. The van der Waals surface area contributed by atoms with Crippen molar-refractivity contribution in [3.63, 3.8) is 0 Å². The van der Waals surface area contributed by atoms with Gasteiger partial charge in [-0.1, -0.05) is 25.0 Å². The second-order valence-corrected chi connectivity index (χ2v) is 10.3. The Morgan fingerprint density at radius 2 is 1.87 bits per heavy atom. The second kappa shape index (κ2) is 11.4. The van der Waals surface area contributed by atoms with Crippen LogP contribution >= 0.6 is 0 Å². The van der Waals surface area contributed by atoms with Crippen LogP contribution in [0.2, 0.25) is 0 Å². The van der Waals surface area contributed by atoms with E-state index in [1.807, 2.05) is 51.1 Å². The average molecular weight is 518 g/mol. The summed E-state index contributed by atoms with van der Waals surface area (Å²) in [6.45, 7) is 5.47. The highest BCUT2D eigenvalue weighted by Crippen LogP contribution is 2.30. The van der Waals surface area contributed by atoms with Crippen LogP contribution in [0.4, 0.5) is 26.5 Å². The van der Waals surface area contributed by atoms with Crippen LogP contribution in [0.5, 0.6) is 0 Å². The third-order valence-corrected chi connectivity index (χ3v) is 6.28. The molecule has 1 aromatic carbocycles. The lowest BCUT2D eigenvalue weighted by Crippen LogP contribution is -2.50. The maximum Gasteiger partial charge on any atom is 0.410 e. The van der Waals surface area contributed by atoms with E-state index >= 15 is 4.39 Å². The van der Waals surface area contributed by atoms with Gasteiger partial charge in [0.05, 0.1) is 11.6 Å². The number of carbonyl (C=O) groups excluding carboxylic acids is 1. The topological polar surface area (TPSA) is 116 Å². The molecule has 2 heterocycles. The van der Waals surface area contributed by atoms with Gasteiger partial charge in [0.25, 0.3) is 0 Å². The fourth-order valence-electron chi connectivity index (χ4n) is 4.48. The van der Waals surface area contributed by atoms with E-state index in [9.17, 15) is 10.1 Å². The zero-order chi connectivity index (χ0) is 27.3. The molecule has 38 heavy (non-hydrogen) atoms. The van der Waals surface area contributed by atoms with E-state index < -0.39 is 17.5 Å². The first-order valence-electron chi connectivity index (χ1n) is 12.6. The lowest BCUT2D eigenvalue weighted by molar-refractivity contribution is 0.0175. The molecule has 198 valence electrons. The molecule has 3 aromatic rings. The third kappa shape index (κ3) is 6.54. The molecule has 0 spiro atoms. The fraction of sp³-hybridized carbons (Fsp3) is 0.393. The highest BCUT2D eigenvalue weighted by Gasteiger charge is 2.34. The van der Waals surface area contributed by atoms with Gasteiger partial charge in [-0.05, 0) is 57.9 Å². The predicted molar refractivity (Wildman–Crippen MR) is 143 cm³/mol. The molecular weight excluding hydrogens is 485 g/mol. The van der Waals surface area contributed by atoms with Gasteiger partial charge in [0.15, 0.2) is 23.3 Å². The summed E-state index contributed by atoms with van der Waals surface area (Å²) >= 11 is 0. The first-order chi connectivity index (χ1) is 18.1. The van der Waals surface area contributed by atoms with Crippen LogP contribution in [0.25, 0.3) is 11.4 Å². The summed E-state index contributed by atoms with van der Waals surface area (Å²) in [4.78, 5) is 27.3. The second-order valence-electron chi connectivity index (χ2n) is 10.3. The number of nitrogens with zero attached hydrogens (tertiary/aromatic N) is 5. The summed E-state index contributed by atoms with van der Waals surface area (Å²) in [5, 5.41) is 16.0. The van der Waals surface area contributed by atoms with E-state index in [1.165, 1.54) is 0 Å². The number of aromatic nitrogens is 3. The maximum absolute atomic E-state index is 15.1. The molecule has 1 fully saturated rings. The number of hydrogen-bond acceptors (Lipinski definition) is 8. The molecule has 0 bridgehead atoms. The van der Waals surface area contributed by atoms with Gasteiger partial charge in [0, 0.05) is 36.7 Å². The van der Waals surface area contributed by atoms with Crippen molar-refractivity contribution in [1.82, 2.24) is 19.9 Å². The van der Waals surface area contributed by atoms with E-state index in [1.54, 1.807) is 30.4 Å². The molecule has 2 atom stereocenters. The predicted octanol–water partition coefficient (Wildman–Crippen LogP) is 5.88. The highest BCUT2D eigenvalue weighted by atomic mass is 19.1. The summed E-state index contributed by atoms with van der Waals surface area (Å²) in [6, 6.07) is 11.8. The summed E-state index contributed by atoms with van der Waals surface area (Å²) in [7, 11) is 1.71. The van der Waals surface area contributed by atoms with Crippen LogP contribution in [-0.2, 0) is 4.74 Å². The Kier molecular flexibility index (Phi) is 8.05. The lowest BCUT2D eigenvalue weighted by Gasteiger charge is -2.39. The Morgan fingerprint density at radius 3 is 2.58 bits per heavy atom. The molecule has 1 aliphatic rings. The van der Waals surface area contributed by atoms with Crippen LogP contribution < -0.4 is 10.6 Å². The maximum atomic E-state index is 15.1. The Bertz CT molecular complexity index is 1320. The third-order valence-electron chi connectivity index (χ3n) is 6.28. The van der Waals surface area contributed by atoms with Crippen LogP contribution in [0.3, 0.4) is 0 Å². The molecule has 0 aliphatic heterocycles. The van der Waals surface area contributed by atoms with E-state index in [-0.39, 0.29) is 29.3 Å². The first kappa shape index (κ1) is 26.8. The largest absolute Gasteiger partial charge is 0.444 e. The van der Waals surface area contributed by atoms with Gasteiger partial charge in [-0.3, -0.25) is 0 Å². The number of benzene rings is 1. The molecule has 1 amide bonds. The van der Waals surface area contributed by atoms with Gasteiger partial charge < -0.3 is 20.3 Å². The number of ether oxygens (including phenoxy) is 1. The molecule has 2 N–H and O–H groups in total. The summed E-state index contributed by atoms with van der Waals surface area (Å²) in [5.74, 6) is 0.158. The number of anilines is 3. The Hall–Kier alpha value is -4.26. The van der Waals surface area contributed by atoms with Crippen LogP contribution in [-0.4, -0.2) is 50.7 Å². The minimum Gasteiger partial charge on any atom is -0.444 e. The highest BCUT2D eigenvalue weighted by molar-refractivity contribution is 5.70. The fourth-order valence-corrected chi connectivity index (χ4v) is 4.48. The number of nitrogens with one attached hydrogen (secondary N) is 2. The molecule has 10 heteroatoms. The zero-order valence-electron chi connectivity index (χ0n) is 22.0. The smallest absolute Gasteiger partial charge is 0.410 e. The first-order valence-corrected chi connectivity index (χ1v) is 12.6. The average Bonchev–Trinajstić information content (AvgIpc) is 2.90. The van der Waals surface area contributed by atoms with E-state index in [0.717, 1.165) is 37.3 Å². The van der Waals surface area contributed by atoms with Crippen molar-refractivity contribution in [2.45, 2.75) is 64.1 Å². The lowest BCUT2D eigenvalue weighted by atomic mass is 9.89. The van der Waals surface area contributed by atoms with Gasteiger partial charge in [-0.25, -0.2) is 24.1 Å². The Labute approximate surface area is 222 Å². The van der Waals surface area contributed by atoms with Crippen molar-refractivity contribution in [3.05, 3.63) is 60.2 Å². The van der Waals surface area contributed by atoms with Crippen LogP contribution in [0, 0.1) is 17.1 Å². The monoisotopic (exact) mass is 517 g/mol. The summed E-state index contributed by atoms with van der Waals surface area (Å²) < 4.78 is 20.6. The van der Waals surface area contributed by atoms with Gasteiger partial charge in [0.2, 0.25) is 0 Å². The van der Waals surface area contributed by atoms with Gasteiger partial charge in [-0.15, -0.1) is 0 Å². The molecule has 0 radical (unpaired) electrons. The van der Waals surface area contributed by atoms with Crippen molar-refractivity contribution in [3.8, 4) is 17.5 Å². The van der Waals surface area contributed by atoms with Gasteiger partial charge >= 0.3 is 6.09 Å². The molecule has 2 aromatic heterocycles. The SMILES string of the molecule is CN(C(=O)OC(C)(C)C)[C@H]1CCCC[C@H]1Nc1nc(Nc2cccc(-c3ncccn3)c2)c(C#N)cc1F. The molecule has 0 unspecified atom stereocenters. The van der Waals surface area contributed by atoms with Crippen molar-refractivity contribution in [1.29, 1.82) is 5.26 Å². The molecule has 4 rings (SSSR count). The van der Waals surface area contributed by atoms with Gasteiger partial charge in [0.1, 0.15) is 11.7 Å². The van der Waals surface area contributed by atoms with Crippen LogP contribution in [0.1, 0.15) is 52.0 Å². The van der Waals surface area contributed by atoms with Crippen molar-refractivity contribution in [2.75, 3.05) is 17.7 Å². The molecule has 1 saturated carbocycles. The number of nitriles is 1. The van der Waals surface area contributed by atoms with E-state index in [4.69, 9.17) is 4.74 Å². The minimum atomic E-state index is -0.636. The number of rotatable bonds is 6. The van der Waals surface area contributed by atoms with E-state index in [0.29, 0.717) is 11.5 Å². The van der Waals surface area contributed by atoms with Crippen LogP contribution in [0.15, 0.2) is 48.8 Å². The summed E-state index contributed by atoms with van der Waals surface area (Å²) in [6.07, 6.45) is 6.28. The Morgan fingerprint density at radius 1 is 1.13 bits per heavy atom. The van der Waals surface area contributed by atoms with E-state index in [2.05, 4.69) is 25.6 Å².